The number of hydrogen-bond acceptors (Lipinski definition) is 6. The molecule has 0 unspecified atom stereocenters. The van der Waals surface area contributed by atoms with Gasteiger partial charge in [-0.05, 0) is 31.0 Å². The molecule has 3 aromatic heterocycles. The van der Waals surface area contributed by atoms with Gasteiger partial charge in [0, 0.05) is 10.3 Å². The smallest absolute Gasteiger partial charge is 0.340 e. The first kappa shape index (κ1) is 18.3. The van der Waals surface area contributed by atoms with Crippen molar-refractivity contribution < 1.29 is 9.53 Å². The van der Waals surface area contributed by atoms with Gasteiger partial charge in [0.2, 0.25) is 0 Å². The summed E-state index contributed by atoms with van der Waals surface area (Å²) in [4.78, 5) is 36.3. The van der Waals surface area contributed by atoms with E-state index < -0.39 is 5.97 Å². The van der Waals surface area contributed by atoms with Gasteiger partial charge in [0.1, 0.15) is 4.83 Å². The third kappa shape index (κ3) is 2.97. The van der Waals surface area contributed by atoms with Gasteiger partial charge < -0.3 is 4.74 Å². The molecule has 0 fully saturated rings. The predicted octanol–water partition coefficient (Wildman–Crippen LogP) is 3.71. The monoisotopic (exact) mass is 393 g/mol. The molecule has 4 rings (SSSR count). The quantitative estimate of drug-likeness (QED) is 0.494. The Morgan fingerprint density at radius 3 is 2.79 bits per heavy atom. The Bertz CT molecular complexity index is 1270. The van der Waals surface area contributed by atoms with Crippen LogP contribution in [0.5, 0.6) is 0 Å². The van der Waals surface area contributed by atoms with Gasteiger partial charge in [-0.25, -0.2) is 14.8 Å². The summed E-state index contributed by atoms with van der Waals surface area (Å²) in [6.07, 6.45) is 2.38. The van der Waals surface area contributed by atoms with Crippen LogP contribution in [0.1, 0.15) is 33.4 Å². The topological polar surface area (TPSA) is 74.1 Å². The lowest BCUT2D eigenvalue weighted by molar-refractivity contribution is 0.0598. The lowest BCUT2D eigenvalue weighted by atomic mass is 10.0. The summed E-state index contributed by atoms with van der Waals surface area (Å²) in [5.41, 5.74) is 2.32. The number of para-hydroxylation sites is 1. The van der Waals surface area contributed by atoms with Crippen molar-refractivity contribution >= 4 is 38.4 Å². The molecule has 6 nitrogen and oxygen atoms in total. The SMILES string of the molecule is CCc1cc2c(=O)n(Cc3nc4ccccc4c(C)c3C(=O)OC)cnc2s1. The first-order chi connectivity index (χ1) is 13.5. The van der Waals surface area contributed by atoms with Crippen LogP contribution in [0.3, 0.4) is 0 Å². The Morgan fingerprint density at radius 1 is 1.25 bits per heavy atom. The molecule has 142 valence electrons. The van der Waals surface area contributed by atoms with E-state index in [1.54, 1.807) is 0 Å². The Kier molecular flexibility index (Phi) is 4.68. The number of rotatable bonds is 4. The molecule has 0 aliphatic carbocycles. The third-order valence-electron chi connectivity index (χ3n) is 4.85. The second-order valence-corrected chi connectivity index (χ2v) is 7.65. The number of hydrogen-bond donors (Lipinski definition) is 0. The van der Waals surface area contributed by atoms with Gasteiger partial charge in [-0.15, -0.1) is 11.3 Å². The number of aromatic nitrogens is 3. The Balaban J connectivity index is 1.90. The summed E-state index contributed by atoms with van der Waals surface area (Å²) in [6, 6.07) is 9.51. The van der Waals surface area contributed by atoms with E-state index in [4.69, 9.17) is 4.74 Å². The fourth-order valence-corrected chi connectivity index (χ4v) is 4.31. The van der Waals surface area contributed by atoms with Gasteiger partial charge in [0.25, 0.3) is 5.56 Å². The molecule has 0 saturated carbocycles. The van der Waals surface area contributed by atoms with E-state index in [9.17, 15) is 9.59 Å². The average molecular weight is 393 g/mol. The van der Waals surface area contributed by atoms with Crippen LogP contribution in [-0.2, 0) is 17.7 Å². The van der Waals surface area contributed by atoms with Gasteiger partial charge in [-0.1, -0.05) is 25.1 Å². The normalized spacial score (nSPS) is 11.2. The molecule has 0 spiro atoms. The summed E-state index contributed by atoms with van der Waals surface area (Å²) < 4.78 is 6.48. The van der Waals surface area contributed by atoms with Crippen LogP contribution in [0.15, 0.2) is 41.5 Å². The van der Waals surface area contributed by atoms with Gasteiger partial charge in [0.05, 0.1) is 42.1 Å². The predicted molar refractivity (Wildman–Crippen MR) is 110 cm³/mol. The minimum atomic E-state index is -0.461. The number of aryl methyl sites for hydroxylation is 2. The molecule has 0 atom stereocenters. The van der Waals surface area contributed by atoms with Crippen molar-refractivity contribution in [2.24, 2.45) is 0 Å². The van der Waals surface area contributed by atoms with Crippen molar-refractivity contribution in [3.63, 3.8) is 0 Å². The van der Waals surface area contributed by atoms with Crippen molar-refractivity contribution in [3.05, 3.63) is 68.7 Å². The summed E-state index contributed by atoms with van der Waals surface area (Å²) in [5, 5.41) is 1.49. The number of nitrogens with zero attached hydrogens (tertiary/aromatic N) is 3. The highest BCUT2D eigenvalue weighted by Gasteiger charge is 2.20. The highest BCUT2D eigenvalue weighted by Crippen LogP contribution is 2.25. The molecule has 1 aromatic carbocycles. The number of methoxy groups -OCH3 is 1. The molecular formula is C21H19N3O3S. The van der Waals surface area contributed by atoms with Crippen LogP contribution in [-0.4, -0.2) is 27.6 Å². The van der Waals surface area contributed by atoms with Gasteiger partial charge >= 0.3 is 5.97 Å². The molecule has 0 bridgehead atoms. The molecule has 0 radical (unpaired) electrons. The number of esters is 1. The zero-order chi connectivity index (χ0) is 19.8. The molecule has 0 saturated heterocycles. The number of fused-ring (bicyclic) bond motifs is 2. The van der Waals surface area contributed by atoms with E-state index >= 15 is 0 Å². The van der Waals surface area contributed by atoms with E-state index in [0.29, 0.717) is 16.6 Å². The van der Waals surface area contributed by atoms with Crippen LogP contribution in [0.25, 0.3) is 21.1 Å². The molecule has 3 heterocycles. The fraction of sp³-hybridized carbons (Fsp3) is 0.238. The summed E-state index contributed by atoms with van der Waals surface area (Å²) in [6.45, 7) is 4.07. The lowest BCUT2D eigenvalue weighted by Crippen LogP contribution is -2.23. The summed E-state index contributed by atoms with van der Waals surface area (Å²) >= 11 is 1.53. The standard InChI is InChI=1S/C21H19N3O3S/c1-4-13-9-15-19(28-13)22-11-24(20(15)25)10-17-18(21(26)27-3)12(2)14-7-5-6-8-16(14)23-17/h5-9,11H,4,10H2,1-3H3. The molecule has 0 N–H and O–H groups in total. The molecule has 0 amide bonds. The van der Waals surface area contributed by atoms with Crippen LogP contribution in [0.4, 0.5) is 0 Å². The number of thiophene rings is 1. The van der Waals surface area contributed by atoms with Gasteiger partial charge in [-0.2, -0.15) is 0 Å². The Hall–Kier alpha value is -3.06. The minimum absolute atomic E-state index is 0.135. The first-order valence-electron chi connectivity index (χ1n) is 8.97. The first-order valence-corrected chi connectivity index (χ1v) is 9.79. The number of carbonyl (C=O) groups is 1. The maximum atomic E-state index is 12.9. The maximum absolute atomic E-state index is 12.9. The molecule has 0 aliphatic rings. The van der Waals surface area contributed by atoms with E-state index in [1.165, 1.54) is 29.3 Å². The number of benzene rings is 1. The third-order valence-corrected chi connectivity index (χ3v) is 6.04. The largest absolute Gasteiger partial charge is 0.465 e. The highest BCUT2D eigenvalue weighted by atomic mass is 32.1. The molecular weight excluding hydrogens is 374 g/mol. The van der Waals surface area contributed by atoms with Crippen molar-refractivity contribution in [1.29, 1.82) is 0 Å². The van der Waals surface area contributed by atoms with Crippen LogP contribution in [0.2, 0.25) is 0 Å². The summed E-state index contributed by atoms with van der Waals surface area (Å²) in [7, 11) is 1.35. The molecule has 0 aliphatic heterocycles. The van der Waals surface area contributed by atoms with Crippen molar-refractivity contribution in [1.82, 2.24) is 14.5 Å². The van der Waals surface area contributed by atoms with Crippen LogP contribution < -0.4 is 5.56 Å². The maximum Gasteiger partial charge on any atom is 0.340 e. The highest BCUT2D eigenvalue weighted by molar-refractivity contribution is 7.18. The Morgan fingerprint density at radius 2 is 2.04 bits per heavy atom. The van der Waals surface area contributed by atoms with Gasteiger partial charge in [-0.3, -0.25) is 9.36 Å². The Labute approximate surface area is 165 Å². The van der Waals surface area contributed by atoms with Gasteiger partial charge in [0.15, 0.2) is 0 Å². The fourth-order valence-electron chi connectivity index (χ4n) is 3.39. The average Bonchev–Trinajstić information content (AvgIpc) is 3.14. The number of pyridine rings is 1. The molecule has 28 heavy (non-hydrogen) atoms. The second kappa shape index (κ2) is 7.16. The number of ether oxygens (including phenoxy) is 1. The summed E-state index contributed by atoms with van der Waals surface area (Å²) in [5.74, 6) is -0.461. The minimum Gasteiger partial charge on any atom is -0.465 e. The second-order valence-electron chi connectivity index (χ2n) is 6.53. The van der Waals surface area contributed by atoms with Crippen molar-refractivity contribution in [2.45, 2.75) is 26.8 Å². The lowest BCUT2D eigenvalue weighted by Gasteiger charge is -2.14. The van der Waals surface area contributed by atoms with E-state index in [0.717, 1.165) is 32.6 Å². The number of carbonyl (C=O) groups excluding carboxylic acids is 1. The van der Waals surface area contributed by atoms with E-state index in [2.05, 4.69) is 9.97 Å². The van der Waals surface area contributed by atoms with E-state index in [-0.39, 0.29) is 12.1 Å². The van der Waals surface area contributed by atoms with Crippen molar-refractivity contribution in [2.75, 3.05) is 7.11 Å². The molecule has 4 aromatic rings. The van der Waals surface area contributed by atoms with Crippen LogP contribution in [0, 0.1) is 6.92 Å². The van der Waals surface area contributed by atoms with E-state index in [1.807, 2.05) is 44.2 Å². The van der Waals surface area contributed by atoms with Crippen LogP contribution >= 0.6 is 11.3 Å². The van der Waals surface area contributed by atoms with Crippen molar-refractivity contribution in [3.8, 4) is 0 Å². The molecule has 7 heteroatoms. The zero-order valence-corrected chi connectivity index (χ0v) is 16.7. The zero-order valence-electron chi connectivity index (χ0n) is 15.9.